The Labute approximate surface area is 81.5 Å². The van der Waals surface area contributed by atoms with Gasteiger partial charge in [0.05, 0.1) is 7.11 Å². The monoisotopic (exact) mass is 199 g/mol. The van der Waals surface area contributed by atoms with E-state index in [9.17, 15) is 4.79 Å². The van der Waals surface area contributed by atoms with Gasteiger partial charge in [-0.1, -0.05) is 0 Å². The SMILES string of the molecule is COC(=O)[C@H](N)Cc1ccc(C)s1. The van der Waals surface area contributed by atoms with Gasteiger partial charge in [-0.15, -0.1) is 11.3 Å². The third-order valence-corrected chi connectivity index (χ3v) is 2.74. The fourth-order valence-corrected chi connectivity index (χ4v) is 1.99. The molecule has 3 nitrogen and oxygen atoms in total. The van der Waals surface area contributed by atoms with Crippen molar-refractivity contribution in [1.82, 2.24) is 0 Å². The summed E-state index contributed by atoms with van der Waals surface area (Å²) in [5.41, 5.74) is 5.60. The minimum Gasteiger partial charge on any atom is -0.468 e. The fourth-order valence-electron chi connectivity index (χ4n) is 1.05. The van der Waals surface area contributed by atoms with Gasteiger partial charge in [0.25, 0.3) is 0 Å². The zero-order valence-electron chi connectivity index (χ0n) is 7.74. The van der Waals surface area contributed by atoms with Crippen LogP contribution in [0, 0.1) is 6.92 Å². The van der Waals surface area contributed by atoms with Gasteiger partial charge in [-0.05, 0) is 19.1 Å². The molecule has 0 saturated carbocycles. The van der Waals surface area contributed by atoms with Crippen LogP contribution in [0.4, 0.5) is 0 Å². The van der Waals surface area contributed by atoms with Crippen molar-refractivity contribution in [3.8, 4) is 0 Å². The molecule has 0 aliphatic carbocycles. The average molecular weight is 199 g/mol. The molecule has 1 heterocycles. The minimum atomic E-state index is -0.539. The van der Waals surface area contributed by atoms with E-state index in [0.717, 1.165) is 4.88 Å². The summed E-state index contributed by atoms with van der Waals surface area (Å²) in [7, 11) is 1.35. The van der Waals surface area contributed by atoms with Crippen LogP contribution in [0.1, 0.15) is 9.75 Å². The Balaban J connectivity index is 2.54. The van der Waals surface area contributed by atoms with Crippen molar-refractivity contribution in [2.75, 3.05) is 7.11 Å². The lowest BCUT2D eigenvalue weighted by atomic mass is 10.2. The first-order chi connectivity index (χ1) is 6.13. The van der Waals surface area contributed by atoms with Crippen molar-refractivity contribution in [3.05, 3.63) is 21.9 Å². The molecule has 0 aromatic carbocycles. The molecule has 72 valence electrons. The highest BCUT2D eigenvalue weighted by atomic mass is 32.1. The van der Waals surface area contributed by atoms with Gasteiger partial charge in [0.15, 0.2) is 0 Å². The Kier molecular flexibility index (Phi) is 3.45. The van der Waals surface area contributed by atoms with E-state index in [2.05, 4.69) is 4.74 Å². The molecule has 1 rings (SSSR count). The number of carbonyl (C=O) groups excluding carboxylic acids is 1. The van der Waals surface area contributed by atoms with E-state index in [0.29, 0.717) is 6.42 Å². The molecule has 0 aliphatic rings. The van der Waals surface area contributed by atoms with E-state index in [4.69, 9.17) is 5.73 Å². The number of nitrogens with two attached hydrogens (primary N) is 1. The third-order valence-electron chi connectivity index (χ3n) is 1.72. The van der Waals surface area contributed by atoms with E-state index in [1.165, 1.54) is 12.0 Å². The molecule has 0 saturated heterocycles. The number of thiophene rings is 1. The lowest BCUT2D eigenvalue weighted by molar-refractivity contribution is -0.142. The van der Waals surface area contributed by atoms with Gasteiger partial charge in [-0.25, -0.2) is 0 Å². The smallest absolute Gasteiger partial charge is 0.323 e. The molecular weight excluding hydrogens is 186 g/mol. The van der Waals surface area contributed by atoms with E-state index in [1.54, 1.807) is 11.3 Å². The maximum atomic E-state index is 11.0. The number of hydrogen-bond acceptors (Lipinski definition) is 4. The van der Waals surface area contributed by atoms with Gasteiger partial charge in [0.1, 0.15) is 6.04 Å². The van der Waals surface area contributed by atoms with Crippen LogP contribution in [0.3, 0.4) is 0 Å². The summed E-state index contributed by atoms with van der Waals surface area (Å²) in [6, 6.07) is 3.47. The molecule has 0 bridgehead atoms. The summed E-state index contributed by atoms with van der Waals surface area (Å²) in [6.07, 6.45) is 0.561. The largest absolute Gasteiger partial charge is 0.468 e. The van der Waals surface area contributed by atoms with E-state index >= 15 is 0 Å². The molecule has 0 radical (unpaired) electrons. The Morgan fingerprint density at radius 3 is 2.85 bits per heavy atom. The van der Waals surface area contributed by atoms with Crippen LogP contribution >= 0.6 is 11.3 Å². The topological polar surface area (TPSA) is 52.3 Å². The number of esters is 1. The molecule has 0 fully saturated rings. The summed E-state index contributed by atoms with van der Waals surface area (Å²) < 4.78 is 4.53. The second-order valence-electron chi connectivity index (χ2n) is 2.85. The highest BCUT2D eigenvalue weighted by Crippen LogP contribution is 2.16. The highest BCUT2D eigenvalue weighted by Gasteiger charge is 2.14. The van der Waals surface area contributed by atoms with Gasteiger partial charge in [-0.2, -0.15) is 0 Å². The zero-order chi connectivity index (χ0) is 9.84. The summed E-state index contributed by atoms with van der Waals surface area (Å²) in [4.78, 5) is 13.3. The fraction of sp³-hybridized carbons (Fsp3) is 0.444. The Bertz CT molecular complexity index is 296. The molecule has 1 atom stereocenters. The van der Waals surface area contributed by atoms with Gasteiger partial charge < -0.3 is 10.5 Å². The number of aryl methyl sites for hydroxylation is 1. The number of methoxy groups -OCH3 is 1. The van der Waals surface area contributed by atoms with Crippen LogP contribution in [-0.4, -0.2) is 19.1 Å². The van der Waals surface area contributed by atoms with Crippen molar-refractivity contribution in [2.45, 2.75) is 19.4 Å². The molecule has 1 aromatic heterocycles. The van der Waals surface area contributed by atoms with Crippen molar-refractivity contribution in [1.29, 1.82) is 0 Å². The molecule has 0 unspecified atom stereocenters. The Morgan fingerprint density at radius 1 is 1.69 bits per heavy atom. The molecule has 0 spiro atoms. The lowest BCUT2D eigenvalue weighted by Crippen LogP contribution is -2.33. The standard InChI is InChI=1S/C9H13NO2S/c1-6-3-4-7(13-6)5-8(10)9(11)12-2/h3-4,8H,5,10H2,1-2H3/t8-/m1/s1. The van der Waals surface area contributed by atoms with Crippen LogP contribution in [-0.2, 0) is 16.0 Å². The van der Waals surface area contributed by atoms with Crippen LogP contribution in [0.2, 0.25) is 0 Å². The van der Waals surface area contributed by atoms with Crippen molar-refractivity contribution < 1.29 is 9.53 Å². The van der Waals surface area contributed by atoms with Crippen molar-refractivity contribution in [2.24, 2.45) is 5.73 Å². The Morgan fingerprint density at radius 2 is 2.38 bits per heavy atom. The molecule has 2 N–H and O–H groups in total. The first-order valence-corrected chi connectivity index (χ1v) is 4.84. The quantitative estimate of drug-likeness (QED) is 0.742. The number of ether oxygens (including phenoxy) is 1. The first-order valence-electron chi connectivity index (χ1n) is 4.02. The van der Waals surface area contributed by atoms with Gasteiger partial charge in [0.2, 0.25) is 0 Å². The van der Waals surface area contributed by atoms with Crippen LogP contribution < -0.4 is 5.73 Å². The molecule has 13 heavy (non-hydrogen) atoms. The molecule has 0 amide bonds. The predicted molar refractivity (Wildman–Crippen MR) is 52.8 cm³/mol. The molecule has 4 heteroatoms. The average Bonchev–Trinajstić information content (AvgIpc) is 2.49. The molecule has 1 aromatic rings. The summed E-state index contributed by atoms with van der Waals surface area (Å²) in [5, 5.41) is 0. The van der Waals surface area contributed by atoms with E-state index in [1.807, 2.05) is 19.1 Å². The summed E-state index contributed by atoms with van der Waals surface area (Å²) in [5.74, 6) is -0.356. The first kappa shape index (κ1) is 10.2. The second kappa shape index (κ2) is 4.39. The third kappa shape index (κ3) is 2.82. The predicted octanol–water partition coefficient (Wildman–Crippen LogP) is 1.10. The number of rotatable bonds is 3. The van der Waals surface area contributed by atoms with Crippen molar-refractivity contribution >= 4 is 17.3 Å². The molecular formula is C9H13NO2S. The highest BCUT2D eigenvalue weighted by molar-refractivity contribution is 7.11. The number of hydrogen-bond donors (Lipinski definition) is 1. The van der Waals surface area contributed by atoms with Gasteiger partial charge in [0, 0.05) is 16.2 Å². The van der Waals surface area contributed by atoms with Crippen LogP contribution in [0.25, 0.3) is 0 Å². The second-order valence-corrected chi connectivity index (χ2v) is 4.22. The van der Waals surface area contributed by atoms with Gasteiger partial charge in [-0.3, -0.25) is 4.79 Å². The lowest BCUT2D eigenvalue weighted by Gasteiger charge is -2.06. The molecule has 0 aliphatic heterocycles. The van der Waals surface area contributed by atoms with E-state index in [-0.39, 0.29) is 5.97 Å². The maximum absolute atomic E-state index is 11.0. The van der Waals surface area contributed by atoms with Gasteiger partial charge >= 0.3 is 5.97 Å². The van der Waals surface area contributed by atoms with E-state index < -0.39 is 6.04 Å². The number of carbonyl (C=O) groups is 1. The zero-order valence-corrected chi connectivity index (χ0v) is 8.56. The van der Waals surface area contributed by atoms with Crippen LogP contribution in [0.5, 0.6) is 0 Å². The maximum Gasteiger partial charge on any atom is 0.323 e. The minimum absolute atomic E-state index is 0.356. The normalized spacial score (nSPS) is 12.5. The summed E-state index contributed by atoms with van der Waals surface area (Å²) in [6.45, 7) is 2.03. The van der Waals surface area contributed by atoms with Crippen LogP contribution in [0.15, 0.2) is 12.1 Å². The van der Waals surface area contributed by atoms with Crippen molar-refractivity contribution in [3.63, 3.8) is 0 Å². The Hall–Kier alpha value is -0.870. The summed E-state index contributed by atoms with van der Waals surface area (Å²) >= 11 is 1.66.